The molecule has 6 nitrogen and oxygen atoms in total. The molecule has 0 radical (unpaired) electrons. The SMILES string of the molecule is CCC(=O)CCCCC[C@H](NC(=O)C1CN(C)C1)c1ncc(-c2ccccc2)o1. The second-order valence-electron chi connectivity index (χ2n) is 7.90. The number of likely N-dealkylation sites (tertiary alicyclic amines) is 1. The van der Waals surface area contributed by atoms with Crippen molar-refractivity contribution in [2.45, 2.75) is 51.5 Å². The fourth-order valence-electron chi connectivity index (χ4n) is 3.62. The summed E-state index contributed by atoms with van der Waals surface area (Å²) in [5.74, 6) is 1.66. The summed E-state index contributed by atoms with van der Waals surface area (Å²) in [6.45, 7) is 3.48. The van der Waals surface area contributed by atoms with Gasteiger partial charge in [-0.15, -0.1) is 0 Å². The predicted octanol–water partition coefficient (Wildman–Crippen LogP) is 3.99. The first kappa shape index (κ1) is 21.2. The van der Waals surface area contributed by atoms with Gasteiger partial charge in [0.25, 0.3) is 0 Å². The number of nitrogens with one attached hydrogen (secondary N) is 1. The third kappa shape index (κ3) is 6.00. The highest BCUT2D eigenvalue weighted by Crippen LogP contribution is 2.26. The van der Waals surface area contributed by atoms with Crippen molar-refractivity contribution < 1.29 is 14.0 Å². The van der Waals surface area contributed by atoms with E-state index in [9.17, 15) is 9.59 Å². The molecule has 6 heteroatoms. The van der Waals surface area contributed by atoms with Crippen LogP contribution in [0.25, 0.3) is 11.3 Å². The fraction of sp³-hybridized carbons (Fsp3) is 0.522. The van der Waals surface area contributed by atoms with Crippen molar-refractivity contribution in [1.82, 2.24) is 15.2 Å². The number of hydrogen-bond donors (Lipinski definition) is 1. The molecule has 1 saturated heterocycles. The van der Waals surface area contributed by atoms with Gasteiger partial charge >= 0.3 is 0 Å². The van der Waals surface area contributed by atoms with E-state index >= 15 is 0 Å². The van der Waals surface area contributed by atoms with Crippen LogP contribution in [0.2, 0.25) is 0 Å². The van der Waals surface area contributed by atoms with Gasteiger partial charge in [-0.25, -0.2) is 4.98 Å². The van der Waals surface area contributed by atoms with Crippen LogP contribution in [0, 0.1) is 5.92 Å². The minimum absolute atomic E-state index is 0.0354. The standard InChI is InChI=1S/C23H31N3O3/c1-3-19(27)12-8-5-9-13-20(25-22(28)18-15-26(2)16-18)23-24-14-21(29-23)17-10-6-4-7-11-17/h4,6-7,10-11,14,18,20H,3,5,8-9,12-13,15-16H2,1-2H3,(H,25,28)/t20-/m0/s1. The molecule has 1 aromatic carbocycles. The van der Waals surface area contributed by atoms with Crippen LogP contribution in [0.5, 0.6) is 0 Å². The van der Waals surface area contributed by atoms with E-state index in [0.29, 0.717) is 30.3 Å². The summed E-state index contributed by atoms with van der Waals surface area (Å²) in [6, 6.07) is 9.60. The Labute approximate surface area is 172 Å². The number of oxazole rings is 1. The first-order valence-electron chi connectivity index (χ1n) is 10.6. The van der Waals surface area contributed by atoms with Gasteiger partial charge < -0.3 is 14.6 Å². The number of amides is 1. The van der Waals surface area contributed by atoms with E-state index in [0.717, 1.165) is 44.3 Å². The zero-order chi connectivity index (χ0) is 20.6. The molecule has 0 aliphatic carbocycles. The molecule has 2 heterocycles. The van der Waals surface area contributed by atoms with Gasteiger partial charge in [0.15, 0.2) is 5.76 Å². The van der Waals surface area contributed by atoms with Gasteiger partial charge in [-0.2, -0.15) is 0 Å². The van der Waals surface area contributed by atoms with Gasteiger partial charge in [0.1, 0.15) is 11.8 Å². The number of carbonyl (C=O) groups is 2. The van der Waals surface area contributed by atoms with Gasteiger partial charge in [0.05, 0.1) is 12.1 Å². The van der Waals surface area contributed by atoms with Crippen LogP contribution in [0.3, 0.4) is 0 Å². The van der Waals surface area contributed by atoms with Crippen LogP contribution in [0.15, 0.2) is 40.9 Å². The van der Waals surface area contributed by atoms with Gasteiger partial charge in [-0.3, -0.25) is 9.59 Å². The van der Waals surface area contributed by atoms with Crippen LogP contribution in [-0.2, 0) is 9.59 Å². The van der Waals surface area contributed by atoms with E-state index < -0.39 is 0 Å². The molecule has 1 fully saturated rings. The van der Waals surface area contributed by atoms with E-state index in [2.05, 4.69) is 15.2 Å². The number of benzene rings is 1. The Hall–Kier alpha value is -2.47. The molecule has 156 valence electrons. The lowest BCUT2D eigenvalue weighted by molar-refractivity contribution is -0.130. The van der Waals surface area contributed by atoms with E-state index in [4.69, 9.17) is 4.42 Å². The number of aromatic nitrogens is 1. The molecular formula is C23H31N3O3. The van der Waals surface area contributed by atoms with Crippen LogP contribution >= 0.6 is 0 Å². The topological polar surface area (TPSA) is 75.4 Å². The molecule has 1 atom stereocenters. The van der Waals surface area contributed by atoms with Crippen LogP contribution in [0.1, 0.15) is 57.4 Å². The molecule has 1 aromatic heterocycles. The summed E-state index contributed by atoms with van der Waals surface area (Å²) in [6.07, 6.45) is 6.48. The highest BCUT2D eigenvalue weighted by molar-refractivity contribution is 5.80. The van der Waals surface area contributed by atoms with E-state index in [1.807, 2.05) is 44.3 Å². The maximum atomic E-state index is 12.6. The van der Waals surface area contributed by atoms with Gasteiger partial charge in [-0.05, 0) is 19.9 Å². The Morgan fingerprint density at radius 2 is 1.97 bits per heavy atom. The fourth-order valence-corrected chi connectivity index (χ4v) is 3.62. The summed E-state index contributed by atoms with van der Waals surface area (Å²) in [4.78, 5) is 30.7. The Bertz CT molecular complexity index is 797. The number of Topliss-reactive ketones (excluding diaryl/α,β-unsaturated/α-hetero) is 1. The maximum Gasteiger partial charge on any atom is 0.226 e. The van der Waals surface area contributed by atoms with Crippen LogP contribution < -0.4 is 5.32 Å². The average Bonchev–Trinajstić information content (AvgIpc) is 3.20. The number of carbonyl (C=O) groups excluding carboxylic acids is 2. The summed E-state index contributed by atoms with van der Waals surface area (Å²) >= 11 is 0. The van der Waals surface area contributed by atoms with Crippen molar-refractivity contribution in [3.8, 4) is 11.3 Å². The van der Waals surface area contributed by atoms with E-state index in [1.165, 1.54) is 0 Å². The van der Waals surface area contributed by atoms with Gasteiger partial charge in [0.2, 0.25) is 11.8 Å². The van der Waals surface area contributed by atoms with Crippen molar-refractivity contribution in [2.24, 2.45) is 5.92 Å². The number of rotatable bonds is 11. The molecule has 1 aliphatic rings. The quantitative estimate of drug-likeness (QED) is 0.580. The zero-order valence-corrected chi connectivity index (χ0v) is 17.4. The molecule has 0 unspecified atom stereocenters. The predicted molar refractivity (Wildman–Crippen MR) is 112 cm³/mol. The lowest BCUT2D eigenvalue weighted by atomic mass is 9.99. The minimum atomic E-state index is -0.243. The number of nitrogens with zero attached hydrogens (tertiary/aromatic N) is 2. The smallest absolute Gasteiger partial charge is 0.226 e. The summed E-state index contributed by atoms with van der Waals surface area (Å²) in [5, 5.41) is 3.14. The molecule has 2 aromatic rings. The molecule has 1 aliphatic heterocycles. The van der Waals surface area contributed by atoms with Crippen molar-refractivity contribution in [3.63, 3.8) is 0 Å². The average molecular weight is 398 g/mol. The third-order valence-electron chi connectivity index (χ3n) is 5.47. The molecular weight excluding hydrogens is 366 g/mol. The molecule has 3 rings (SSSR count). The molecule has 1 amide bonds. The van der Waals surface area contributed by atoms with E-state index in [1.54, 1.807) is 6.20 Å². The van der Waals surface area contributed by atoms with Crippen molar-refractivity contribution in [1.29, 1.82) is 0 Å². The molecule has 29 heavy (non-hydrogen) atoms. The number of ketones is 1. The Morgan fingerprint density at radius 3 is 2.66 bits per heavy atom. The Kier molecular flexibility index (Phi) is 7.58. The third-order valence-corrected chi connectivity index (χ3v) is 5.47. The number of hydrogen-bond acceptors (Lipinski definition) is 5. The van der Waals surface area contributed by atoms with Crippen molar-refractivity contribution >= 4 is 11.7 Å². The normalized spacial score (nSPS) is 15.7. The Morgan fingerprint density at radius 1 is 1.21 bits per heavy atom. The molecule has 1 N–H and O–H groups in total. The molecule has 0 saturated carbocycles. The summed E-state index contributed by atoms with van der Waals surface area (Å²) < 4.78 is 6.01. The van der Waals surface area contributed by atoms with E-state index in [-0.39, 0.29) is 17.9 Å². The van der Waals surface area contributed by atoms with Crippen molar-refractivity contribution in [2.75, 3.05) is 20.1 Å². The lowest BCUT2D eigenvalue weighted by Gasteiger charge is -2.35. The lowest BCUT2D eigenvalue weighted by Crippen LogP contribution is -2.52. The molecule has 0 bridgehead atoms. The largest absolute Gasteiger partial charge is 0.438 e. The maximum absolute atomic E-state index is 12.6. The van der Waals surface area contributed by atoms with Crippen LogP contribution in [0.4, 0.5) is 0 Å². The second-order valence-corrected chi connectivity index (χ2v) is 7.90. The van der Waals surface area contributed by atoms with Gasteiger partial charge in [-0.1, -0.05) is 50.1 Å². The second kappa shape index (κ2) is 10.3. The highest BCUT2D eigenvalue weighted by atomic mass is 16.4. The monoisotopic (exact) mass is 397 g/mol. The zero-order valence-electron chi connectivity index (χ0n) is 17.4. The Balaban J connectivity index is 1.61. The minimum Gasteiger partial charge on any atom is -0.438 e. The number of unbranched alkanes of at least 4 members (excludes halogenated alkanes) is 2. The molecule has 0 spiro atoms. The van der Waals surface area contributed by atoms with Gasteiger partial charge in [0, 0.05) is 31.5 Å². The van der Waals surface area contributed by atoms with Crippen molar-refractivity contribution in [3.05, 3.63) is 42.4 Å². The highest BCUT2D eigenvalue weighted by Gasteiger charge is 2.32. The first-order chi connectivity index (χ1) is 14.1. The summed E-state index contributed by atoms with van der Waals surface area (Å²) in [5.41, 5.74) is 0.968. The first-order valence-corrected chi connectivity index (χ1v) is 10.6. The van der Waals surface area contributed by atoms with Crippen LogP contribution in [-0.4, -0.2) is 41.7 Å². The summed E-state index contributed by atoms with van der Waals surface area (Å²) in [7, 11) is 2.01.